The van der Waals surface area contributed by atoms with Crippen LogP contribution in [0.1, 0.15) is 53.2 Å². The summed E-state index contributed by atoms with van der Waals surface area (Å²) in [6.07, 6.45) is 5.98. The minimum absolute atomic E-state index is 0.112. The minimum Gasteiger partial charge on any atom is -0.497 e. The maximum Gasteiger partial charge on any atom is 0.235 e. The zero-order chi connectivity index (χ0) is 27.1. The van der Waals surface area contributed by atoms with Crippen LogP contribution in [0.15, 0.2) is 42.1 Å². The molecular formula is C27H30N6O3S2. The number of carbonyl (C=O) groups is 2. The molecule has 11 heteroatoms. The number of methoxy groups -OCH3 is 1. The number of aromatic nitrogens is 3. The van der Waals surface area contributed by atoms with E-state index in [1.165, 1.54) is 28.0 Å². The molecule has 0 unspecified atom stereocenters. The van der Waals surface area contributed by atoms with Gasteiger partial charge in [-0.1, -0.05) is 30.0 Å². The molecular weight excluding hydrogens is 520 g/mol. The van der Waals surface area contributed by atoms with E-state index in [1.807, 2.05) is 35.8 Å². The molecule has 1 aliphatic carbocycles. The molecule has 2 aromatic heterocycles. The topological polar surface area (TPSA) is 122 Å². The van der Waals surface area contributed by atoms with Crippen molar-refractivity contribution in [2.45, 2.75) is 56.8 Å². The quantitative estimate of drug-likeness (QED) is 0.267. The zero-order valence-corrected chi connectivity index (χ0v) is 23.1. The average Bonchev–Trinajstić information content (AvgIpc) is 3.48. The highest BCUT2D eigenvalue weighted by molar-refractivity contribution is 7.99. The maximum atomic E-state index is 12.8. The first kappa shape index (κ1) is 27.4. The van der Waals surface area contributed by atoms with Crippen LogP contribution in [-0.2, 0) is 35.4 Å². The molecule has 3 aromatic rings. The fraction of sp³-hybridized carbons (Fsp3) is 0.370. The molecule has 0 spiro atoms. The standard InChI is InChI=1S/C27H30N6O3S2/c1-4-13-33-25(17(2)29-23(34)14-18-9-11-19(36-3)12-10-18)31-32-27(33)37-16-24(35)30-26-21(15-28)20-7-5-6-8-22(20)38-26/h4,9-12,17H,1,5-8,13-14,16H2,2-3H3,(H,29,34)(H,30,35)/t17-/m1/s1. The van der Waals surface area contributed by atoms with Crippen LogP contribution in [0, 0.1) is 11.3 Å². The molecule has 2 N–H and O–H groups in total. The van der Waals surface area contributed by atoms with Crippen LogP contribution in [0.5, 0.6) is 5.75 Å². The van der Waals surface area contributed by atoms with E-state index in [4.69, 9.17) is 4.74 Å². The van der Waals surface area contributed by atoms with Crippen molar-refractivity contribution in [3.8, 4) is 11.8 Å². The van der Waals surface area contributed by atoms with Crippen molar-refractivity contribution in [3.63, 3.8) is 0 Å². The van der Waals surface area contributed by atoms with Crippen LogP contribution in [0.2, 0.25) is 0 Å². The van der Waals surface area contributed by atoms with Crippen molar-refractivity contribution in [3.05, 3.63) is 64.3 Å². The second-order valence-electron chi connectivity index (χ2n) is 8.92. The third kappa shape index (κ3) is 6.44. The largest absolute Gasteiger partial charge is 0.497 e. The Hall–Kier alpha value is -3.62. The molecule has 38 heavy (non-hydrogen) atoms. The molecule has 1 aliphatic rings. The summed E-state index contributed by atoms with van der Waals surface area (Å²) in [6, 6.07) is 9.23. The predicted octanol–water partition coefficient (Wildman–Crippen LogP) is 4.44. The second-order valence-corrected chi connectivity index (χ2v) is 11.0. The Morgan fingerprint density at radius 1 is 1.26 bits per heavy atom. The summed E-state index contributed by atoms with van der Waals surface area (Å²) in [4.78, 5) is 26.6. The molecule has 0 saturated carbocycles. The van der Waals surface area contributed by atoms with E-state index < -0.39 is 6.04 Å². The van der Waals surface area contributed by atoms with Crippen LogP contribution in [-0.4, -0.2) is 39.4 Å². The number of rotatable bonds is 11. The molecule has 0 bridgehead atoms. The zero-order valence-electron chi connectivity index (χ0n) is 21.5. The molecule has 0 aliphatic heterocycles. The maximum absolute atomic E-state index is 12.8. The van der Waals surface area contributed by atoms with Gasteiger partial charge in [0.1, 0.15) is 16.8 Å². The van der Waals surface area contributed by atoms with Crippen molar-refractivity contribution in [2.24, 2.45) is 0 Å². The molecule has 4 rings (SSSR count). The Bertz CT molecular complexity index is 1360. The number of benzene rings is 1. The number of thiophene rings is 1. The SMILES string of the molecule is C=CCn1c(SCC(=O)Nc2sc3c(c2C#N)CCCC3)nnc1[C@@H](C)NC(=O)Cc1ccc(OC)cc1. The monoisotopic (exact) mass is 550 g/mol. The lowest BCUT2D eigenvalue weighted by molar-refractivity contribution is -0.121. The number of nitrogens with one attached hydrogen (secondary N) is 2. The van der Waals surface area contributed by atoms with Crippen molar-refractivity contribution in [2.75, 3.05) is 18.2 Å². The summed E-state index contributed by atoms with van der Waals surface area (Å²) in [6.45, 7) is 6.10. The smallest absolute Gasteiger partial charge is 0.235 e. The Morgan fingerprint density at radius 2 is 2.03 bits per heavy atom. The van der Waals surface area contributed by atoms with Gasteiger partial charge in [-0.15, -0.1) is 28.1 Å². The van der Waals surface area contributed by atoms with Crippen LogP contribution in [0.3, 0.4) is 0 Å². The predicted molar refractivity (Wildman–Crippen MR) is 149 cm³/mol. The van der Waals surface area contributed by atoms with E-state index >= 15 is 0 Å². The third-order valence-corrected chi connectivity index (χ3v) is 8.39. The Labute approximate surface area is 230 Å². The van der Waals surface area contributed by atoms with E-state index in [1.54, 1.807) is 13.2 Å². The van der Waals surface area contributed by atoms with Crippen molar-refractivity contribution in [1.29, 1.82) is 5.26 Å². The van der Waals surface area contributed by atoms with Crippen molar-refractivity contribution < 1.29 is 14.3 Å². The van der Waals surface area contributed by atoms with Gasteiger partial charge >= 0.3 is 0 Å². The number of anilines is 1. The Morgan fingerprint density at radius 3 is 2.74 bits per heavy atom. The number of amides is 2. The van der Waals surface area contributed by atoms with Gasteiger partial charge in [0.2, 0.25) is 11.8 Å². The van der Waals surface area contributed by atoms with Gasteiger partial charge in [0, 0.05) is 11.4 Å². The van der Waals surface area contributed by atoms with Gasteiger partial charge in [-0.05, 0) is 55.9 Å². The summed E-state index contributed by atoms with van der Waals surface area (Å²) in [5, 5.41) is 25.3. The van der Waals surface area contributed by atoms with Crippen LogP contribution < -0.4 is 15.4 Å². The number of aryl methyl sites for hydroxylation is 1. The lowest BCUT2D eigenvalue weighted by Gasteiger charge is -2.15. The molecule has 1 aromatic carbocycles. The number of hydrogen-bond donors (Lipinski definition) is 2. The van der Waals surface area contributed by atoms with Gasteiger partial charge in [0.05, 0.1) is 30.9 Å². The summed E-state index contributed by atoms with van der Waals surface area (Å²) >= 11 is 2.76. The molecule has 2 amide bonds. The van der Waals surface area contributed by atoms with Gasteiger partial charge < -0.3 is 19.9 Å². The minimum atomic E-state index is -0.396. The highest BCUT2D eigenvalue weighted by atomic mass is 32.2. The van der Waals surface area contributed by atoms with Crippen molar-refractivity contribution in [1.82, 2.24) is 20.1 Å². The second kappa shape index (κ2) is 12.8. The first-order valence-corrected chi connectivity index (χ1v) is 14.2. The van der Waals surface area contributed by atoms with Crippen LogP contribution in [0.4, 0.5) is 5.00 Å². The van der Waals surface area contributed by atoms with E-state index in [9.17, 15) is 14.9 Å². The third-order valence-electron chi connectivity index (χ3n) is 6.21. The van der Waals surface area contributed by atoms with E-state index in [0.29, 0.717) is 28.1 Å². The summed E-state index contributed by atoms with van der Waals surface area (Å²) in [7, 11) is 1.60. The molecule has 0 fully saturated rings. The van der Waals surface area contributed by atoms with E-state index in [2.05, 4.69) is 33.5 Å². The summed E-state index contributed by atoms with van der Waals surface area (Å²) in [5.74, 6) is 1.07. The normalized spacial score (nSPS) is 13.2. The van der Waals surface area contributed by atoms with Gasteiger partial charge in [-0.2, -0.15) is 5.26 Å². The lowest BCUT2D eigenvalue weighted by Crippen LogP contribution is -2.30. The first-order valence-electron chi connectivity index (χ1n) is 12.4. The molecule has 198 valence electrons. The number of hydrogen-bond acceptors (Lipinski definition) is 8. The Balaban J connectivity index is 1.37. The summed E-state index contributed by atoms with van der Waals surface area (Å²) in [5.41, 5.74) is 2.56. The number of allylic oxidation sites excluding steroid dienone is 1. The van der Waals surface area contributed by atoms with E-state index in [0.717, 1.165) is 42.6 Å². The number of nitriles is 1. The average molecular weight is 551 g/mol. The highest BCUT2D eigenvalue weighted by Gasteiger charge is 2.23. The molecule has 1 atom stereocenters. The molecule has 0 saturated heterocycles. The van der Waals surface area contributed by atoms with E-state index in [-0.39, 0.29) is 24.0 Å². The van der Waals surface area contributed by atoms with Gasteiger partial charge in [0.15, 0.2) is 11.0 Å². The van der Waals surface area contributed by atoms with Gasteiger partial charge in [-0.25, -0.2) is 0 Å². The molecule has 9 nitrogen and oxygen atoms in total. The Kier molecular flexibility index (Phi) is 9.20. The number of nitrogens with zero attached hydrogens (tertiary/aromatic N) is 4. The molecule has 0 radical (unpaired) electrons. The number of carbonyl (C=O) groups excluding carboxylic acids is 2. The van der Waals surface area contributed by atoms with Gasteiger partial charge in [-0.3, -0.25) is 9.59 Å². The van der Waals surface area contributed by atoms with Crippen LogP contribution >= 0.6 is 23.1 Å². The highest BCUT2D eigenvalue weighted by Crippen LogP contribution is 2.37. The van der Waals surface area contributed by atoms with Gasteiger partial charge in [0.25, 0.3) is 0 Å². The fourth-order valence-corrected chi connectivity index (χ4v) is 6.39. The molecule has 2 heterocycles. The fourth-order valence-electron chi connectivity index (χ4n) is 4.38. The number of thioether (sulfide) groups is 1. The number of fused-ring (bicyclic) bond motifs is 1. The lowest BCUT2D eigenvalue weighted by atomic mass is 9.96. The first-order chi connectivity index (χ1) is 18.4. The van der Waals surface area contributed by atoms with Crippen molar-refractivity contribution >= 4 is 39.9 Å². The number of ether oxygens (including phenoxy) is 1. The van der Waals surface area contributed by atoms with Crippen LogP contribution in [0.25, 0.3) is 0 Å². The summed E-state index contributed by atoms with van der Waals surface area (Å²) < 4.78 is 7.00.